The van der Waals surface area contributed by atoms with Crippen LogP contribution in [0.15, 0.2) is 36.7 Å². The normalized spacial score (nSPS) is 17.7. The van der Waals surface area contributed by atoms with E-state index >= 15 is 0 Å². The maximum absolute atomic E-state index is 4.99. The van der Waals surface area contributed by atoms with Crippen molar-refractivity contribution in [3.63, 3.8) is 0 Å². The Morgan fingerprint density at radius 3 is 1.64 bits per heavy atom. The first-order valence-electron chi connectivity index (χ1n) is 17.6. The van der Waals surface area contributed by atoms with Crippen molar-refractivity contribution >= 4 is 0 Å². The Hall–Kier alpha value is -1.31. The summed E-state index contributed by atoms with van der Waals surface area (Å²) in [6.07, 6.45) is 48.3. The fraction of sp³-hybridized carbons (Fsp3) is 0.811. The molecule has 0 aromatic carbocycles. The van der Waals surface area contributed by atoms with Crippen molar-refractivity contribution in [2.75, 3.05) is 0 Å². The van der Waals surface area contributed by atoms with Crippen LogP contribution in [-0.4, -0.2) is 9.55 Å². The summed E-state index contributed by atoms with van der Waals surface area (Å²) >= 11 is 0. The Balaban J connectivity index is 1.68. The second-order valence-corrected chi connectivity index (χ2v) is 12.8. The lowest BCUT2D eigenvalue weighted by Gasteiger charge is -2.33. The Kier molecular flexibility index (Phi) is 19.5. The summed E-state index contributed by atoms with van der Waals surface area (Å²) in [5.74, 6) is 1.31. The van der Waals surface area contributed by atoms with Crippen molar-refractivity contribution in [3.8, 4) is 0 Å². The van der Waals surface area contributed by atoms with Crippen LogP contribution in [0.4, 0.5) is 0 Å². The van der Waals surface area contributed by atoms with Gasteiger partial charge >= 0.3 is 0 Å². The smallest absolute Gasteiger partial charge is 0.119 e. The lowest BCUT2D eigenvalue weighted by atomic mass is 9.76. The van der Waals surface area contributed by atoms with Crippen molar-refractivity contribution in [1.82, 2.24) is 9.55 Å². The third kappa shape index (κ3) is 14.2. The van der Waals surface area contributed by atoms with E-state index in [1.54, 1.807) is 0 Å². The van der Waals surface area contributed by atoms with Gasteiger partial charge < -0.3 is 4.57 Å². The fourth-order valence-electron chi connectivity index (χ4n) is 6.53. The minimum absolute atomic E-state index is 0.0862. The molecule has 2 rings (SSSR count). The van der Waals surface area contributed by atoms with E-state index in [9.17, 15) is 0 Å². The van der Waals surface area contributed by atoms with Gasteiger partial charge in [-0.25, -0.2) is 4.98 Å². The molecule has 0 bridgehead atoms. The zero-order valence-electron chi connectivity index (χ0n) is 26.6. The largest absolute Gasteiger partial charge is 0.331 e. The molecule has 0 amide bonds. The molecule has 2 nitrogen and oxygen atoms in total. The molecular weight excluding hydrogens is 472 g/mol. The molecule has 0 aliphatic heterocycles. The summed E-state index contributed by atoms with van der Waals surface area (Å²) in [4.78, 5) is 4.99. The highest BCUT2D eigenvalue weighted by molar-refractivity contribution is 5.29. The summed E-state index contributed by atoms with van der Waals surface area (Å²) in [6, 6.07) is 0.537. The van der Waals surface area contributed by atoms with Gasteiger partial charge in [0.1, 0.15) is 5.82 Å². The number of allylic oxidation sites excluding steroid dienone is 4. The molecule has 0 saturated heterocycles. The molecule has 1 aliphatic carbocycles. The first kappa shape index (κ1) is 33.9. The van der Waals surface area contributed by atoms with Crippen LogP contribution >= 0.6 is 0 Å². The molecule has 1 aromatic heterocycles. The van der Waals surface area contributed by atoms with E-state index in [1.165, 1.54) is 160 Å². The van der Waals surface area contributed by atoms with Crippen molar-refractivity contribution < 1.29 is 0 Å². The minimum Gasteiger partial charge on any atom is -0.331 e. The predicted octanol–water partition coefficient (Wildman–Crippen LogP) is 12.6. The molecule has 2 atom stereocenters. The van der Waals surface area contributed by atoms with Crippen LogP contribution in [0.5, 0.6) is 0 Å². The average molecular weight is 539 g/mol. The van der Waals surface area contributed by atoms with E-state index in [1.807, 2.05) is 0 Å². The topological polar surface area (TPSA) is 17.8 Å². The molecule has 0 fully saturated rings. The van der Waals surface area contributed by atoms with Gasteiger partial charge in [-0.15, -0.1) is 0 Å². The second-order valence-electron chi connectivity index (χ2n) is 12.8. The number of unbranched alkanes of at least 4 members (excludes halogenated alkanes) is 20. The minimum atomic E-state index is 0.0862. The summed E-state index contributed by atoms with van der Waals surface area (Å²) in [6.45, 7) is 7.02. The summed E-state index contributed by atoms with van der Waals surface area (Å²) in [5, 5.41) is 0. The number of aromatic nitrogens is 2. The molecule has 39 heavy (non-hydrogen) atoms. The molecule has 1 aromatic rings. The molecule has 1 heterocycles. The molecule has 2 heteroatoms. The first-order chi connectivity index (χ1) is 19.2. The molecule has 0 saturated carbocycles. The lowest BCUT2D eigenvalue weighted by Crippen LogP contribution is -2.29. The van der Waals surface area contributed by atoms with Crippen molar-refractivity contribution in [2.45, 2.75) is 193 Å². The predicted molar refractivity (Wildman–Crippen MR) is 174 cm³/mol. The lowest BCUT2D eigenvalue weighted by molar-refractivity contribution is 0.380. The second kappa shape index (κ2) is 22.4. The Morgan fingerprint density at radius 1 is 0.667 bits per heavy atom. The van der Waals surface area contributed by atoms with E-state index in [0.717, 1.165) is 6.42 Å². The van der Waals surface area contributed by atoms with Crippen molar-refractivity contribution in [1.29, 1.82) is 0 Å². The van der Waals surface area contributed by atoms with Gasteiger partial charge in [-0.3, -0.25) is 0 Å². The van der Waals surface area contributed by atoms with Crippen LogP contribution in [0.2, 0.25) is 0 Å². The molecule has 0 radical (unpaired) electrons. The molecule has 224 valence electrons. The number of rotatable bonds is 26. The summed E-state index contributed by atoms with van der Waals surface area (Å²) < 4.78 is 2.53. The van der Waals surface area contributed by atoms with Crippen molar-refractivity contribution in [2.24, 2.45) is 0 Å². The summed E-state index contributed by atoms with van der Waals surface area (Å²) in [5.41, 5.74) is 0.0862. The molecule has 0 spiro atoms. The van der Waals surface area contributed by atoms with Crippen LogP contribution in [0.25, 0.3) is 0 Å². The highest BCUT2D eigenvalue weighted by atomic mass is 15.1. The molecule has 1 aliphatic rings. The van der Waals surface area contributed by atoms with Gasteiger partial charge in [0.2, 0.25) is 0 Å². The van der Waals surface area contributed by atoms with Gasteiger partial charge in [0, 0.05) is 18.4 Å². The van der Waals surface area contributed by atoms with Crippen LogP contribution in [0, 0.1) is 0 Å². The van der Waals surface area contributed by atoms with Gasteiger partial charge in [0.05, 0.1) is 5.41 Å². The van der Waals surface area contributed by atoms with Gasteiger partial charge in [-0.1, -0.05) is 179 Å². The highest BCUT2D eigenvalue weighted by Gasteiger charge is 2.34. The monoisotopic (exact) mass is 539 g/mol. The zero-order valence-corrected chi connectivity index (χ0v) is 26.6. The van der Waals surface area contributed by atoms with Crippen LogP contribution < -0.4 is 0 Å². The fourth-order valence-corrected chi connectivity index (χ4v) is 6.53. The van der Waals surface area contributed by atoms with Gasteiger partial charge in [0.25, 0.3) is 0 Å². The third-order valence-corrected chi connectivity index (χ3v) is 9.19. The highest BCUT2D eigenvalue weighted by Crippen LogP contribution is 2.38. The molecule has 0 N–H and O–H groups in total. The Morgan fingerprint density at radius 2 is 1.15 bits per heavy atom. The van der Waals surface area contributed by atoms with Crippen LogP contribution in [0.3, 0.4) is 0 Å². The van der Waals surface area contributed by atoms with E-state index in [0.29, 0.717) is 6.04 Å². The number of hydrogen-bond donors (Lipinski definition) is 0. The molecule has 2 unspecified atom stereocenters. The van der Waals surface area contributed by atoms with E-state index < -0.39 is 0 Å². The van der Waals surface area contributed by atoms with Crippen molar-refractivity contribution in [3.05, 3.63) is 42.5 Å². The maximum Gasteiger partial charge on any atom is 0.119 e. The van der Waals surface area contributed by atoms with E-state index in [2.05, 4.69) is 62.0 Å². The SMILES string of the molecule is CCCCCCCCCCCCCC(C)n1ccnc1C1(CCCCCCCCCCCCC)C=CC=CC1. The van der Waals surface area contributed by atoms with Gasteiger partial charge in [-0.05, 0) is 26.2 Å². The maximum atomic E-state index is 4.99. The van der Waals surface area contributed by atoms with E-state index in [-0.39, 0.29) is 5.41 Å². The van der Waals surface area contributed by atoms with Gasteiger partial charge in [0.15, 0.2) is 0 Å². The van der Waals surface area contributed by atoms with Crippen LogP contribution in [0.1, 0.15) is 193 Å². The zero-order chi connectivity index (χ0) is 27.9. The van der Waals surface area contributed by atoms with Crippen LogP contribution in [-0.2, 0) is 5.41 Å². The first-order valence-corrected chi connectivity index (χ1v) is 17.6. The third-order valence-electron chi connectivity index (χ3n) is 9.19. The summed E-state index contributed by atoms with van der Waals surface area (Å²) in [7, 11) is 0. The number of nitrogens with zero attached hydrogens (tertiary/aromatic N) is 2. The molecular formula is C37H66N2. The Bertz CT molecular complexity index is 744. The number of hydrogen-bond acceptors (Lipinski definition) is 1. The number of imidazole rings is 1. The Labute approximate surface area is 244 Å². The average Bonchev–Trinajstić information content (AvgIpc) is 3.46. The van der Waals surface area contributed by atoms with Gasteiger partial charge in [-0.2, -0.15) is 0 Å². The standard InChI is InChI=1S/C37H66N2/c1-4-6-8-10-12-14-16-18-20-22-25-29-35(3)39-34-33-38-36(39)37(31-27-24-28-32-37)30-26-23-21-19-17-15-13-11-9-7-5-2/h24,27-28,31,33-35H,4-23,25-26,29-30,32H2,1-3H3. The quantitative estimate of drug-likeness (QED) is 0.107. The van der Waals surface area contributed by atoms with E-state index in [4.69, 9.17) is 4.98 Å².